The maximum Gasteiger partial charge on any atom is 0.338 e. The molecule has 5 atom stereocenters. The summed E-state index contributed by atoms with van der Waals surface area (Å²) in [7, 11) is 0. The number of esters is 1. The predicted molar refractivity (Wildman–Crippen MR) is 161 cm³/mol. The van der Waals surface area contributed by atoms with Gasteiger partial charge in [0.1, 0.15) is 6.54 Å². The predicted octanol–water partition coefficient (Wildman–Crippen LogP) is 6.68. The van der Waals surface area contributed by atoms with Crippen molar-refractivity contribution in [3.63, 3.8) is 0 Å². The molecule has 2 heterocycles. The average molecular weight is 577 g/mol. The topological polar surface area (TPSA) is 77.4 Å². The van der Waals surface area contributed by atoms with E-state index in [1.807, 2.05) is 11.8 Å². The molecule has 1 N–H and O–H groups in total. The van der Waals surface area contributed by atoms with E-state index in [9.17, 15) is 14.4 Å². The molecule has 2 fully saturated rings. The second-order valence-electron chi connectivity index (χ2n) is 12.3. The molecule has 2 saturated carbocycles. The van der Waals surface area contributed by atoms with E-state index in [4.69, 9.17) is 4.74 Å². The van der Waals surface area contributed by atoms with Crippen molar-refractivity contribution in [1.29, 1.82) is 0 Å². The summed E-state index contributed by atoms with van der Waals surface area (Å²) in [6, 6.07) is 15.7. The van der Waals surface area contributed by atoms with Gasteiger partial charge in [0.2, 0.25) is 5.91 Å². The number of nitrogens with zero attached hydrogens (tertiary/aromatic N) is 1. The lowest BCUT2D eigenvalue weighted by Gasteiger charge is -2.40. The minimum absolute atomic E-state index is 0.0293. The molecular formula is C32H36N2O4S2. The quantitative estimate of drug-likeness (QED) is 0.332. The first-order valence-corrected chi connectivity index (χ1v) is 15.9. The number of anilines is 1. The molecule has 210 valence electrons. The van der Waals surface area contributed by atoms with E-state index in [1.165, 1.54) is 41.7 Å². The zero-order chi connectivity index (χ0) is 28.2. The minimum atomic E-state index is -0.393. The fourth-order valence-electron chi connectivity index (χ4n) is 6.90. The zero-order valence-corrected chi connectivity index (χ0v) is 25.1. The molecule has 1 aromatic heterocycles. The Morgan fingerprint density at radius 2 is 1.73 bits per heavy atom. The van der Waals surface area contributed by atoms with Crippen LogP contribution < -0.4 is 10.2 Å². The highest BCUT2D eigenvalue weighted by atomic mass is 32.2. The van der Waals surface area contributed by atoms with Gasteiger partial charge in [0.05, 0.1) is 17.2 Å². The van der Waals surface area contributed by atoms with Crippen molar-refractivity contribution in [2.75, 3.05) is 11.9 Å². The number of hydrogen-bond acceptors (Lipinski definition) is 6. The molecule has 2 aromatic carbocycles. The Kier molecular flexibility index (Phi) is 7.20. The highest BCUT2D eigenvalue weighted by molar-refractivity contribution is 8.00. The van der Waals surface area contributed by atoms with Crippen LogP contribution in [0.4, 0.5) is 5.69 Å². The Hall–Kier alpha value is -2.84. The number of fused-ring (bicyclic) bond motifs is 6. The summed E-state index contributed by atoms with van der Waals surface area (Å²) in [4.78, 5) is 39.5. The number of thiazole rings is 1. The van der Waals surface area contributed by atoms with Crippen molar-refractivity contribution in [1.82, 2.24) is 4.57 Å². The Labute approximate surface area is 243 Å². The largest absolute Gasteiger partial charge is 0.462 e. The van der Waals surface area contributed by atoms with Crippen LogP contribution in [0.2, 0.25) is 0 Å². The SMILES string of the molecule is CCOC(=O)c1ccc(NC(=O)Cn2c3c(sc2=O)[C@H](c2ccc(C(C)(C)C)cc2)C2C4CCC(C4)C2S3)cc1. The number of ether oxygens (including phenoxy) is 1. The molecule has 2 bridgehead atoms. The lowest BCUT2D eigenvalue weighted by Crippen LogP contribution is -2.35. The molecule has 1 amide bonds. The van der Waals surface area contributed by atoms with Crippen LogP contribution in [0.5, 0.6) is 0 Å². The molecule has 6 nitrogen and oxygen atoms in total. The van der Waals surface area contributed by atoms with Gasteiger partial charge in [0.25, 0.3) is 0 Å². The first-order valence-electron chi connectivity index (χ1n) is 14.2. The lowest BCUT2D eigenvalue weighted by molar-refractivity contribution is -0.116. The number of nitrogens with one attached hydrogen (secondary N) is 1. The fraction of sp³-hybridized carbons (Fsp3) is 0.469. The van der Waals surface area contributed by atoms with Gasteiger partial charge in [-0.3, -0.25) is 14.2 Å². The Morgan fingerprint density at radius 1 is 1.02 bits per heavy atom. The van der Waals surface area contributed by atoms with Crippen LogP contribution in [-0.4, -0.2) is 28.3 Å². The smallest absolute Gasteiger partial charge is 0.338 e. The molecule has 0 radical (unpaired) electrons. The Bertz CT molecular complexity index is 1480. The number of benzene rings is 2. The van der Waals surface area contributed by atoms with Crippen molar-refractivity contribution in [2.45, 2.75) is 75.1 Å². The van der Waals surface area contributed by atoms with Crippen LogP contribution in [0.25, 0.3) is 0 Å². The van der Waals surface area contributed by atoms with Gasteiger partial charge in [0.15, 0.2) is 0 Å². The summed E-state index contributed by atoms with van der Waals surface area (Å²) in [5, 5.41) is 4.35. The van der Waals surface area contributed by atoms with Crippen LogP contribution in [0.15, 0.2) is 58.4 Å². The van der Waals surface area contributed by atoms with Crippen molar-refractivity contribution in [2.24, 2.45) is 17.8 Å². The maximum atomic E-state index is 13.4. The molecular weight excluding hydrogens is 540 g/mol. The second-order valence-corrected chi connectivity index (χ2v) is 14.5. The van der Waals surface area contributed by atoms with E-state index in [0.717, 1.165) is 9.90 Å². The summed E-state index contributed by atoms with van der Waals surface area (Å²) < 4.78 is 6.72. The molecule has 0 spiro atoms. The molecule has 3 aliphatic rings. The summed E-state index contributed by atoms with van der Waals surface area (Å²) >= 11 is 3.16. The van der Waals surface area contributed by atoms with Crippen LogP contribution in [0, 0.1) is 17.8 Å². The van der Waals surface area contributed by atoms with Gasteiger partial charge in [-0.05, 0) is 84.7 Å². The van der Waals surface area contributed by atoms with Gasteiger partial charge in [-0.15, -0.1) is 11.8 Å². The van der Waals surface area contributed by atoms with E-state index in [0.29, 0.717) is 40.9 Å². The van der Waals surface area contributed by atoms with Crippen LogP contribution in [0.3, 0.4) is 0 Å². The van der Waals surface area contributed by atoms with Crippen LogP contribution >= 0.6 is 23.1 Å². The molecule has 40 heavy (non-hydrogen) atoms. The number of aromatic nitrogens is 1. The van der Waals surface area contributed by atoms with E-state index < -0.39 is 5.97 Å². The van der Waals surface area contributed by atoms with E-state index in [1.54, 1.807) is 35.8 Å². The first kappa shape index (κ1) is 27.3. The maximum absolute atomic E-state index is 13.4. The van der Waals surface area contributed by atoms with E-state index >= 15 is 0 Å². The van der Waals surface area contributed by atoms with Gasteiger partial charge in [0, 0.05) is 21.7 Å². The first-order chi connectivity index (χ1) is 19.1. The van der Waals surface area contributed by atoms with Gasteiger partial charge >= 0.3 is 10.8 Å². The summed E-state index contributed by atoms with van der Waals surface area (Å²) in [6.45, 7) is 8.73. The third kappa shape index (κ3) is 4.94. The van der Waals surface area contributed by atoms with Gasteiger partial charge in [-0.25, -0.2) is 4.79 Å². The molecule has 4 unspecified atom stereocenters. The summed E-state index contributed by atoms with van der Waals surface area (Å²) in [6.07, 6.45) is 3.83. The van der Waals surface area contributed by atoms with Gasteiger partial charge < -0.3 is 10.1 Å². The lowest BCUT2D eigenvalue weighted by atomic mass is 9.74. The number of rotatable bonds is 6. The molecule has 8 heteroatoms. The van der Waals surface area contributed by atoms with Crippen molar-refractivity contribution in [3.05, 3.63) is 79.8 Å². The zero-order valence-electron chi connectivity index (χ0n) is 23.4. The monoisotopic (exact) mass is 576 g/mol. The molecule has 3 aromatic rings. The number of hydrogen-bond donors (Lipinski definition) is 1. The third-order valence-electron chi connectivity index (χ3n) is 8.81. The Balaban J connectivity index is 1.28. The third-order valence-corrected chi connectivity index (χ3v) is 11.6. The average Bonchev–Trinajstić information content (AvgIpc) is 3.62. The van der Waals surface area contributed by atoms with Crippen molar-refractivity contribution < 1.29 is 14.3 Å². The van der Waals surface area contributed by atoms with E-state index in [-0.39, 0.29) is 28.7 Å². The normalized spacial score (nSPS) is 24.9. The van der Waals surface area contributed by atoms with Crippen molar-refractivity contribution in [3.8, 4) is 0 Å². The molecule has 1 aliphatic heterocycles. The number of carbonyl (C=O) groups excluding carboxylic acids is 2. The van der Waals surface area contributed by atoms with Gasteiger partial charge in [-0.1, -0.05) is 56.4 Å². The molecule has 6 rings (SSSR count). The van der Waals surface area contributed by atoms with E-state index in [2.05, 4.69) is 50.4 Å². The standard InChI is InChI=1S/C32H36N2O4S2/c1-5-38-30(36)19-10-14-23(15-11-19)33-24(35)17-34-29-28(40-31(34)37)25(18-8-12-22(13-9-18)32(2,3)4)26-20-6-7-21(16-20)27(26)39-29/h8-15,20-21,25-27H,5-7,16-17H2,1-4H3,(H,33,35)/t20?,21?,25-,26?,27?/m1/s1. The minimum Gasteiger partial charge on any atom is -0.462 e. The molecule has 2 aliphatic carbocycles. The summed E-state index contributed by atoms with van der Waals surface area (Å²) in [5.74, 6) is 1.47. The molecule has 0 saturated heterocycles. The summed E-state index contributed by atoms with van der Waals surface area (Å²) in [5.41, 5.74) is 3.69. The number of thioether (sulfide) groups is 1. The fourth-order valence-corrected chi connectivity index (χ4v) is 10.0. The van der Waals surface area contributed by atoms with Crippen molar-refractivity contribution >= 4 is 40.7 Å². The van der Waals surface area contributed by atoms with Crippen LogP contribution in [-0.2, 0) is 21.5 Å². The highest BCUT2D eigenvalue weighted by Crippen LogP contribution is 2.64. The highest BCUT2D eigenvalue weighted by Gasteiger charge is 2.55. The van der Waals surface area contributed by atoms with Crippen LogP contribution in [0.1, 0.15) is 79.2 Å². The number of carbonyl (C=O) groups is 2. The Morgan fingerprint density at radius 3 is 2.40 bits per heavy atom. The number of amides is 1. The van der Waals surface area contributed by atoms with Gasteiger partial charge in [-0.2, -0.15) is 0 Å². The second kappa shape index (κ2) is 10.5.